The maximum absolute atomic E-state index is 13.3. The molecule has 0 amide bonds. The summed E-state index contributed by atoms with van der Waals surface area (Å²) < 4.78 is 8.32. The summed E-state index contributed by atoms with van der Waals surface area (Å²) in [6, 6.07) is 16.5. The lowest BCUT2D eigenvalue weighted by Gasteiger charge is -2.19. The summed E-state index contributed by atoms with van der Waals surface area (Å²) in [6.07, 6.45) is 6.94. The summed E-state index contributed by atoms with van der Waals surface area (Å²) in [7, 11) is 0. The molecular weight excluding hydrogens is 482 g/mol. The average molecular weight is 522 g/mol. The summed E-state index contributed by atoms with van der Waals surface area (Å²) >= 11 is 6.31. The number of nitrogens with zero attached hydrogens (tertiary/aromatic N) is 3. The van der Waals surface area contributed by atoms with Crippen LogP contribution in [0.3, 0.4) is 0 Å². The number of aryl methyl sites for hydroxylation is 1. The van der Waals surface area contributed by atoms with Crippen LogP contribution in [0.2, 0.25) is 5.02 Å². The molecule has 3 aromatic rings. The second-order valence-corrected chi connectivity index (χ2v) is 11.2. The minimum atomic E-state index is 0.0354. The highest BCUT2D eigenvalue weighted by molar-refractivity contribution is 6.31. The molecule has 1 atom stereocenters. The van der Waals surface area contributed by atoms with Gasteiger partial charge in [-0.25, -0.2) is 0 Å². The Balaban J connectivity index is 1.45. The van der Waals surface area contributed by atoms with E-state index in [9.17, 15) is 4.79 Å². The van der Waals surface area contributed by atoms with Gasteiger partial charge in [0.1, 0.15) is 17.4 Å². The second kappa shape index (κ2) is 13.3. The molecule has 37 heavy (non-hydrogen) atoms. The van der Waals surface area contributed by atoms with Crippen molar-refractivity contribution in [1.82, 2.24) is 14.8 Å². The molecule has 1 aliphatic carbocycles. The lowest BCUT2D eigenvalue weighted by atomic mass is 9.92. The Bertz CT molecular complexity index is 1150. The molecule has 1 unspecified atom stereocenters. The first kappa shape index (κ1) is 27.5. The van der Waals surface area contributed by atoms with Gasteiger partial charge < -0.3 is 9.30 Å². The third-order valence-corrected chi connectivity index (χ3v) is 7.62. The second-order valence-electron chi connectivity index (χ2n) is 10.8. The SMILES string of the molecule is Cc1c(Cl)cccc1CC(=O)CC(CCCOCc1ccccc1)c1nnc(CCC(C)C)n1C1CC1. The number of rotatable bonds is 15. The zero-order valence-corrected chi connectivity index (χ0v) is 23.2. The molecule has 1 saturated carbocycles. The highest BCUT2D eigenvalue weighted by Gasteiger charge is 2.32. The Morgan fingerprint density at radius 2 is 1.86 bits per heavy atom. The molecule has 5 nitrogen and oxygen atoms in total. The van der Waals surface area contributed by atoms with Crippen LogP contribution in [0.1, 0.15) is 92.7 Å². The fourth-order valence-electron chi connectivity index (χ4n) is 4.86. The Morgan fingerprint density at radius 1 is 1.08 bits per heavy atom. The van der Waals surface area contributed by atoms with Crippen LogP contribution in [-0.2, 0) is 29.0 Å². The van der Waals surface area contributed by atoms with Gasteiger partial charge in [-0.1, -0.05) is 67.9 Å². The number of Topliss-reactive ketones (excluding diaryl/α,β-unsaturated/α-hetero) is 1. The number of carbonyl (C=O) groups is 1. The quantitative estimate of drug-likeness (QED) is 0.195. The van der Waals surface area contributed by atoms with Gasteiger partial charge in [-0.15, -0.1) is 10.2 Å². The third-order valence-electron chi connectivity index (χ3n) is 7.21. The normalized spacial score (nSPS) is 14.3. The molecule has 0 saturated heterocycles. The van der Waals surface area contributed by atoms with Crippen molar-refractivity contribution >= 4 is 17.4 Å². The monoisotopic (exact) mass is 521 g/mol. The number of carbonyl (C=O) groups excluding carboxylic acids is 1. The number of benzene rings is 2. The molecule has 1 aromatic heterocycles. The van der Waals surface area contributed by atoms with E-state index in [1.54, 1.807) is 0 Å². The van der Waals surface area contributed by atoms with Gasteiger partial charge in [-0.3, -0.25) is 4.79 Å². The first-order valence-corrected chi connectivity index (χ1v) is 14.1. The summed E-state index contributed by atoms with van der Waals surface area (Å²) in [5, 5.41) is 10.0. The molecule has 1 aliphatic rings. The maximum atomic E-state index is 13.3. The van der Waals surface area contributed by atoms with E-state index in [0.717, 1.165) is 48.5 Å². The number of hydrogen-bond acceptors (Lipinski definition) is 4. The van der Waals surface area contributed by atoms with E-state index in [0.29, 0.717) is 43.0 Å². The van der Waals surface area contributed by atoms with E-state index in [1.165, 1.54) is 18.4 Å². The minimum absolute atomic E-state index is 0.0354. The standard InChI is InChI=1S/C31H40ClN3O2/c1-22(2)14-17-30-33-34-31(35(30)27-15-16-27)26(12-8-18-37-21-24-9-5-4-6-10-24)20-28(36)19-25-11-7-13-29(32)23(25)3/h4-7,9-11,13,22,26-27H,8,12,14-21H2,1-3H3. The van der Waals surface area contributed by atoms with E-state index >= 15 is 0 Å². The first-order chi connectivity index (χ1) is 17.9. The van der Waals surface area contributed by atoms with E-state index in [2.05, 4.69) is 35.6 Å². The Morgan fingerprint density at radius 3 is 2.59 bits per heavy atom. The largest absolute Gasteiger partial charge is 0.377 e. The van der Waals surface area contributed by atoms with Gasteiger partial charge in [0.15, 0.2) is 0 Å². The van der Waals surface area contributed by atoms with Crippen LogP contribution in [0.5, 0.6) is 0 Å². The number of aromatic nitrogens is 3. The Hall–Kier alpha value is -2.50. The molecule has 0 N–H and O–H groups in total. The molecule has 2 aromatic carbocycles. The van der Waals surface area contributed by atoms with Crippen molar-refractivity contribution in [2.75, 3.05) is 6.61 Å². The van der Waals surface area contributed by atoms with Gasteiger partial charge in [-0.05, 0) is 67.7 Å². The Labute approximate surface area is 226 Å². The van der Waals surface area contributed by atoms with Gasteiger partial charge in [-0.2, -0.15) is 0 Å². The lowest BCUT2D eigenvalue weighted by molar-refractivity contribution is -0.118. The highest BCUT2D eigenvalue weighted by Crippen LogP contribution is 2.40. The van der Waals surface area contributed by atoms with Crippen LogP contribution in [0.25, 0.3) is 0 Å². The van der Waals surface area contributed by atoms with Gasteiger partial charge in [0, 0.05) is 42.9 Å². The van der Waals surface area contributed by atoms with E-state index in [4.69, 9.17) is 21.4 Å². The van der Waals surface area contributed by atoms with Crippen molar-refractivity contribution in [3.05, 3.63) is 81.9 Å². The predicted molar refractivity (Wildman–Crippen MR) is 149 cm³/mol. The summed E-state index contributed by atoms with van der Waals surface area (Å²) in [5.41, 5.74) is 3.17. The third kappa shape index (κ3) is 7.99. The molecule has 6 heteroatoms. The zero-order valence-electron chi connectivity index (χ0n) is 22.5. The fraction of sp³-hybridized carbons (Fsp3) is 0.516. The molecule has 0 bridgehead atoms. The van der Waals surface area contributed by atoms with Crippen molar-refractivity contribution < 1.29 is 9.53 Å². The van der Waals surface area contributed by atoms with Gasteiger partial charge in [0.2, 0.25) is 0 Å². The number of halogens is 1. The lowest BCUT2D eigenvalue weighted by Crippen LogP contribution is -2.16. The van der Waals surface area contributed by atoms with Crippen LogP contribution in [0.4, 0.5) is 0 Å². The topological polar surface area (TPSA) is 57.0 Å². The summed E-state index contributed by atoms with van der Waals surface area (Å²) in [4.78, 5) is 13.3. The minimum Gasteiger partial charge on any atom is -0.377 e. The molecule has 1 heterocycles. The van der Waals surface area contributed by atoms with Gasteiger partial charge in [0.25, 0.3) is 0 Å². The van der Waals surface area contributed by atoms with Crippen molar-refractivity contribution in [2.24, 2.45) is 5.92 Å². The van der Waals surface area contributed by atoms with Crippen LogP contribution in [-0.4, -0.2) is 27.2 Å². The van der Waals surface area contributed by atoms with Crippen molar-refractivity contribution in [1.29, 1.82) is 0 Å². The smallest absolute Gasteiger partial charge is 0.138 e. The van der Waals surface area contributed by atoms with Crippen molar-refractivity contribution in [3.63, 3.8) is 0 Å². The molecule has 0 radical (unpaired) electrons. The Kier molecular flexibility index (Phi) is 9.93. The van der Waals surface area contributed by atoms with Crippen LogP contribution < -0.4 is 0 Å². The van der Waals surface area contributed by atoms with Gasteiger partial charge >= 0.3 is 0 Å². The number of ether oxygens (including phenoxy) is 1. The fourth-order valence-corrected chi connectivity index (χ4v) is 5.05. The zero-order chi connectivity index (χ0) is 26.2. The van der Waals surface area contributed by atoms with Crippen molar-refractivity contribution in [2.45, 2.75) is 90.7 Å². The van der Waals surface area contributed by atoms with E-state index < -0.39 is 0 Å². The number of ketones is 1. The summed E-state index contributed by atoms with van der Waals surface area (Å²) in [5.74, 6) is 2.94. The van der Waals surface area contributed by atoms with Crippen LogP contribution in [0, 0.1) is 12.8 Å². The first-order valence-electron chi connectivity index (χ1n) is 13.7. The van der Waals surface area contributed by atoms with E-state index in [1.807, 2.05) is 43.3 Å². The summed E-state index contributed by atoms with van der Waals surface area (Å²) in [6.45, 7) is 7.74. The highest BCUT2D eigenvalue weighted by atomic mass is 35.5. The molecule has 4 rings (SSSR count). The van der Waals surface area contributed by atoms with Crippen molar-refractivity contribution in [3.8, 4) is 0 Å². The van der Waals surface area contributed by atoms with E-state index in [-0.39, 0.29) is 11.7 Å². The maximum Gasteiger partial charge on any atom is 0.138 e. The molecule has 198 valence electrons. The van der Waals surface area contributed by atoms with Crippen LogP contribution in [0.15, 0.2) is 48.5 Å². The van der Waals surface area contributed by atoms with Crippen LogP contribution >= 0.6 is 11.6 Å². The number of hydrogen-bond donors (Lipinski definition) is 0. The van der Waals surface area contributed by atoms with Gasteiger partial charge in [0.05, 0.1) is 6.61 Å². The molecule has 1 fully saturated rings. The average Bonchev–Trinajstić information content (AvgIpc) is 3.63. The predicted octanol–water partition coefficient (Wildman–Crippen LogP) is 7.45. The molecular formula is C31H40ClN3O2. The molecule has 0 aliphatic heterocycles. The molecule has 0 spiro atoms.